The molecule has 0 saturated carbocycles. The molecular formula is C18H14F4N4O2. The summed E-state index contributed by atoms with van der Waals surface area (Å²) in [5.41, 5.74) is -1.27. The number of rotatable bonds is 3. The molecule has 1 aliphatic rings. The van der Waals surface area contributed by atoms with Gasteiger partial charge in [0, 0.05) is 32.2 Å². The van der Waals surface area contributed by atoms with Crippen LogP contribution in [0.5, 0.6) is 0 Å². The molecule has 0 spiro atoms. The monoisotopic (exact) mass is 394 g/mol. The zero-order chi connectivity index (χ0) is 20.5. The first-order valence-corrected chi connectivity index (χ1v) is 8.26. The van der Waals surface area contributed by atoms with Crippen LogP contribution in [-0.2, 0) is 6.18 Å². The fraction of sp³-hybridized carbons (Fsp3) is 0.278. The Balaban J connectivity index is 1.83. The number of benzene rings is 2. The zero-order valence-corrected chi connectivity index (χ0v) is 14.4. The van der Waals surface area contributed by atoms with Crippen LogP contribution in [0, 0.1) is 27.3 Å². The molecule has 3 rings (SSSR count). The lowest BCUT2D eigenvalue weighted by atomic mass is 10.1. The van der Waals surface area contributed by atoms with Crippen molar-refractivity contribution in [1.82, 2.24) is 0 Å². The second-order valence-electron chi connectivity index (χ2n) is 6.18. The van der Waals surface area contributed by atoms with Crippen LogP contribution in [-0.4, -0.2) is 31.1 Å². The molecule has 2 aromatic rings. The minimum atomic E-state index is -4.67. The molecule has 0 unspecified atom stereocenters. The van der Waals surface area contributed by atoms with Crippen molar-refractivity contribution in [2.45, 2.75) is 6.18 Å². The van der Waals surface area contributed by atoms with Crippen molar-refractivity contribution < 1.29 is 22.5 Å². The molecule has 0 radical (unpaired) electrons. The minimum absolute atomic E-state index is 0.0866. The highest BCUT2D eigenvalue weighted by Gasteiger charge is 2.34. The third kappa shape index (κ3) is 3.69. The molecule has 0 bridgehead atoms. The minimum Gasteiger partial charge on any atom is -0.367 e. The van der Waals surface area contributed by atoms with Gasteiger partial charge < -0.3 is 9.80 Å². The number of alkyl halides is 3. The van der Waals surface area contributed by atoms with Crippen LogP contribution in [0.15, 0.2) is 36.4 Å². The fourth-order valence-electron chi connectivity index (χ4n) is 3.19. The first-order chi connectivity index (χ1) is 13.2. The van der Waals surface area contributed by atoms with Crippen LogP contribution >= 0.6 is 0 Å². The number of nitrogens with zero attached hydrogens (tertiary/aromatic N) is 4. The zero-order valence-electron chi connectivity index (χ0n) is 14.4. The highest BCUT2D eigenvalue weighted by molar-refractivity contribution is 5.66. The van der Waals surface area contributed by atoms with E-state index in [9.17, 15) is 27.7 Å². The van der Waals surface area contributed by atoms with E-state index in [4.69, 9.17) is 5.26 Å². The van der Waals surface area contributed by atoms with E-state index in [1.54, 1.807) is 15.9 Å². The van der Waals surface area contributed by atoms with Gasteiger partial charge in [0.05, 0.1) is 16.2 Å². The van der Waals surface area contributed by atoms with Crippen molar-refractivity contribution >= 4 is 17.1 Å². The van der Waals surface area contributed by atoms with E-state index in [0.717, 1.165) is 12.1 Å². The lowest BCUT2D eigenvalue weighted by Crippen LogP contribution is -2.47. The second kappa shape index (κ2) is 7.34. The molecule has 0 aliphatic carbocycles. The Kier molecular flexibility index (Phi) is 5.09. The van der Waals surface area contributed by atoms with Gasteiger partial charge in [-0.05, 0) is 24.3 Å². The summed E-state index contributed by atoms with van der Waals surface area (Å²) in [6.07, 6.45) is -4.67. The molecule has 1 saturated heterocycles. The summed E-state index contributed by atoms with van der Waals surface area (Å²) >= 11 is 0. The summed E-state index contributed by atoms with van der Waals surface area (Å²) in [5.74, 6) is -0.638. The van der Waals surface area contributed by atoms with Crippen LogP contribution in [0.1, 0.15) is 11.1 Å². The number of nitro benzene ring substituents is 1. The quantitative estimate of drug-likeness (QED) is 0.448. The maximum atomic E-state index is 13.8. The normalized spacial score (nSPS) is 14.7. The Labute approximate surface area is 157 Å². The van der Waals surface area contributed by atoms with Gasteiger partial charge in [-0.1, -0.05) is 6.07 Å². The standard InChI is InChI=1S/C18H14F4N4O2/c19-14-2-1-3-15(13(14)11-23)24-6-8-25(9-7-24)16-5-4-12(18(20,21)22)10-17(16)26(27)28/h1-5,10H,6-9H2. The first kappa shape index (κ1) is 19.4. The summed E-state index contributed by atoms with van der Waals surface area (Å²) < 4.78 is 52.3. The van der Waals surface area contributed by atoms with Crippen LogP contribution in [0.25, 0.3) is 0 Å². The van der Waals surface area contributed by atoms with E-state index in [1.807, 2.05) is 6.07 Å². The molecule has 1 heterocycles. The average molecular weight is 394 g/mol. The van der Waals surface area contributed by atoms with E-state index in [2.05, 4.69) is 0 Å². The van der Waals surface area contributed by atoms with Crippen LogP contribution in [0.3, 0.4) is 0 Å². The van der Waals surface area contributed by atoms with Crippen LogP contribution in [0.2, 0.25) is 0 Å². The highest BCUT2D eigenvalue weighted by atomic mass is 19.4. The van der Waals surface area contributed by atoms with Crippen molar-refractivity contribution in [2.75, 3.05) is 36.0 Å². The Hall–Kier alpha value is -3.35. The van der Waals surface area contributed by atoms with Gasteiger partial charge in [-0.3, -0.25) is 10.1 Å². The molecule has 146 valence electrons. The fourth-order valence-corrected chi connectivity index (χ4v) is 3.19. The van der Waals surface area contributed by atoms with Crippen molar-refractivity contribution in [2.24, 2.45) is 0 Å². The van der Waals surface area contributed by atoms with E-state index in [1.165, 1.54) is 12.1 Å². The Morgan fingerprint density at radius 2 is 1.64 bits per heavy atom. The first-order valence-electron chi connectivity index (χ1n) is 8.26. The van der Waals surface area contributed by atoms with Crippen LogP contribution < -0.4 is 9.80 Å². The smallest absolute Gasteiger partial charge is 0.367 e. The number of hydrogen-bond donors (Lipinski definition) is 0. The van der Waals surface area contributed by atoms with Gasteiger partial charge in [0.15, 0.2) is 0 Å². The van der Waals surface area contributed by atoms with Crippen molar-refractivity contribution in [1.29, 1.82) is 5.26 Å². The predicted molar refractivity (Wildman–Crippen MR) is 93.6 cm³/mol. The summed E-state index contributed by atoms with van der Waals surface area (Å²) in [6.45, 7) is 1.20. The number of halogens is 4. The third-order valence-corrected chi connectivity index (χ3v) is 4.56. The maximum Gasteiger partial charge on any atom is 0.416 e. The largest absolute Gasteiger partial charge is 0.416 e. The Morgan fingerprint density at radius 3 is 2.18 bits per heavy atom. The van der Waals surface area contributed by atoms with Crippen molar-refractivity contribution in [3.63, 3.8) is 0 Å². The highest BCUT2D eigenvalue weighted by Crippen LogP contribution is 2.37. The molecule has 0 aromatic heterocycles. The number of piperazine rings is 1. The van der Waals surface area contributed by atoms with E-state index in [0.29, 0.717) is 24.8 Å². The summed E-state index contributed by atoms with van der Waals surface area (Å²) in [7, 11) is 0. The number of hydrogen-bond acceptors (Lipinski definition) is 5. The number of anilines is 2. The number of nitro groups is 1. The second-order valence-corrected chi connectivity index (χ2v) is 6.18. The van der Waals surface area contributed by atoms with E-state index in [-0.39, 0.29) is 24.3 Å². The average Bonchev–Trinajstić information content (AvgIpc) is 2.66. The van der Waals surface area contributed by atoms with Gasteiger partial charge in [-0.2, -0.15) is 18.4 Å². The lowest BCUT2D eigenvalue weighted by molar-refractivity contribution is -0.384. The third-order valence-electron chi connectivity index (χ3n) is 4.56. The molecule has 0 atom stereocenters. The van der Waals surface area contributed by atoms with E-state index < -0.39 is 28.2 Å². The molecule has 1 fully saturated rings. The van der Waals surface area contributed by atoms with Gasteiger partial charge >= 0.3 is 6.18 Å². The molecule has 28 heavy (non-hydrogen) atoms. The SMILES string of the molecule is N#Cc1c(F)cccc1N1CCN(c2ccc(C(F)(F)F)cc2[N+](=O)[O-])CC1. The summed E-state index contributed by atoms with van der Waals surface area (Å²) in [6, 6.07) is 8.54. The molecule has 6 nitrogen and oxygen atoms in total. The summed E-state index contributed by atoms with van der Waals surface area (Å²) in [5, 5.41) is 20.4. The lowest BCUT2D eigenvalue weighted by Gasteiger charge is -2.37. The molecule has 0 N–H and O–H groups in total. The summed E-state index contributed by atoms with van der Waals surface area (Å²) in [4.78, 5) is 13.8. The molecule has 2 aromatic carbocycles. The van der Waals surface area contributed by atoms with Crippen molar-refractivity contribution in [3.8, 4) is 6.07 Å². The van der Waals surface area contributed by atoms with Crippen LogP contribution in [0.4, 0.5) is 34.6 Å². The van der Waals surface area contributed by atoms with E-state index >= 15 is 0 Å². The molecule has 1 aliphatic heterocycles. The van der Waals surface area contributed by atoms with Gasteiger partial charge in [0.2, 0.25) is 0 Å². The molecule has 10 heteroatoms. The predicted octanol–water partition coefficient (Wildman–Crippen LogP) is 3.95. The maximum absolute atomic E-state index is 13.8. The van der Waals surface area contributed by atoms with Gasteiger partial charge in [0.1, 0.15) is 23.1 Å². The Bertz CT molecular complexity index is 948. The van der Waals surface area contributed by atoms with Crippen molar-refractivity contribution in [3.05, 3.63) is 63.5 Å². The topological polar surface area (TPSA) is 73.4 Å². The molecule has 0 amide bonds. The van der Waals surface area contributed by atoms with Gasteiger partial charge in [0.25, 0.3) is 5.69 Å². The van der Waals surface area contributed by atoms with Gasteiger partial charge in [-0.15, -0.1) is 0 Å². The Morgan fingerprint density at radius 1 is 1.04 bits per heavy atom. The number of nitriles is 1. The molecular weight excluding hydrogens is 380 g/mol. The van der Waals surface area contributed by atoms with Gasteiger partial charge in [-0.25, -0.2) is 4.39 Å².